The normalized spacial score (nSPS) is 12.2. The van der Waals surface area contributed by atoms with E-state index in [1.807, 2.05) is 78.9 Å². The summed E-state index contributed by atoms with van der Waals surface area (Å²) in [6.45, 7) is 40.7. The van der Waals surface area contributed by atoms with Crippen LogP contribution in [0.1, 0.15) is 158 Å². The summed E-state index contributed by atoms with van der Waals surface area (Å²) in [5.74, 6) is 0. The van der Waals surface area contributed by atoms with Crippen molar-refractivity contribution in [2.75, 3.05) is 20.0 Å². The number of fused-ring (bicyclic) bond motifs is 8. The Balaban J connectivity index is 0.000000150. The fourth-order valence-electron chi connectivity index (χ4n) is 17.7. The van der Waals surface area contributed by atoms with Crippen LogP contribution in [0.15, 0.2) is 364 Å². The molecule has 0 unspecified atom stereocenters. The number of halogens is 3. The van der Waals surface area contributed by atoms with Gasteiger partial charge in [0.25, 0.3) is 0 Å². The number of benzene rings is 16. The van der Waals surface area contributed by atoms with Crippen molar-refractivity contribution in [3.05, 3.63) is 412 Å². The molecule has 20 aromatic rings. The molecule has 0 bridgehead atoms. The Labute approximate surface area is 808 Å². The first-order valence-electron chi connectivity index (χ1n) is 46.4. The molecule has 0 spiro atoms. The fourth-order valence-corrected chi connectivity index (χ4v) is 18.4. The van der Waals surface area contributed by atoms with Crippen LogP contribution in [0.25, 0.3) is 88.4 Å². The summed E-state index contributed by atoms with van der Waals surface area (Å²) in [6.07, 6.45) is 0. The van der Waals surface area contributed by atoms with E-state index in [1.165, 1.54) is 77.0 Å². The van der Waals surface area contributed by atoms with E-state index < -0.39 is 0 Å². The number of anilines is 11. The van der Waals surface area contributed by atoms with Crippen molar-refractivity contribution in [3.8, 4) is 22.7 Å². The monoisotopic (exact) mass is 1830 g/mol. The van der Waals surface area contributed by atoms with Crippen molar-refractivity contribution in [1.29, 1.82) is 0 Å². The van der Waals surface area contributed by atoms with Crippen LogP contribution in [0, 0.1) is 0 Å². The van der Waals surface area contributed by atoms with Crippen molar-refractivity contribution < 1.29 is 0 Å². The van der Waals surface area contributed by atoms with E-state index in [-0.39, 0.29) is 32.5 Å². The van der Waals surface area contributed by atoms with E-state index in [2.05, 4.69) is 433 Å². The lowest BCUT2D eigenvalue weighted by Gasteiger charge is -2.31. The first kappa shape index (κ1) is 91.5. The van der Waals surface area contributed by atoms with E-state index in [4.69, 9.17) is 55.2 Å². The number of hydrogen-bond acceptors (Lipinski definition) is 8. The van der Waals surface area contributed by atoms with Gasteiger partial charge in [0.15, 0.2) is 0 Å². The second kappa shape index (κ2) is 36.4. The summed E-state index contributed by atoms with van der Waals surface area (Å²) >= 11 is 20.8. The summed E-state index contributed by atoms with van der Waals surface area (Å²) in [4.78, 5) is 9.95. The van der Waals surface area contributed by atoms with Gasteiger partial charge < -0.3 is 29.2 Å². The molecule has 15 heteroatoms. The van der Waals surface area contributed by atoms with Crippen molar-refractivity contribution in [3.63, 3.8) is 0 Å². The highest BCUT2D eigenvalue weighted by Crippen LogP contribution is 2.50. The fraction of sp³-hybridized carbons (Fsp3) is 0.200. The number of nitrogens with zero attached hydrogens (tertiary/aromatic N) is 11. The minimum absolute atomic E-state index is 0.0104. The van der Waals surface area contributed by atoms with Gasteiger partial charge in [0.2, 0.25) is 0 Å². The van der Waals surface area contributed by atoms with Gasteiger partial charge in [-0.2, -0.15) is 9.59 Å². The lowest BCUT2D eigenvalue weighted by atomic mass is 9.85. The molecule has 0 amide bonds. The van der Waals surface area contributed by atoms with E-state index >= 15 is 0 Å². The maximum Gasteiger partial charge on any atom is 0.115 e. The smallest absolute Gasteiger partial charge is 0.115 e. The summed E-state index contributed by atoms with van der Waals surface area (Å²) < 4.78 is 4.82. The highest BCUT2D eigenvalue weighted by atomic mass is 35.5. The van der Waals surface area contributed by atoms with Gasteiger partial charge in [-0.05, 0) is 284 Å². The Kier molecular flexibility index (Phi) is 24.7. The maximum atomic E-state index is 7.82. The third-order valence-electron chi connectivity index (χ3n) is 25.3. The van der Waals surface area contributed by atoms with Crippen LogP contribution in [0.2, 0.25) is 15.1 Å². The van der Waals surface area contributed by atoms with Crippen LogP contribution in [0.4, 0.5) is 62.6 Å². The lowest BCUT2D eigenvalue weighted by molar-refractivity contribution is 0.589. The Bertz CT molecular complexity index is 7580. The molecule has 1 N–H and O–H groups in total. The molecule has 4 aromatic heterocycles. The third-order valence-corrected chi connectivity index (χ3v) is 26.5. The standard InChI is InChI=1S/C60H57ClN6.C32H34N2.C28H24Cl2N4/c1-58(2,3)40-26-30-45(31-27-40)67-62-51-33-32-48(39-52(51)63-67)65(44-20-14-11-15-21-44)56-25-17-24-55(57(56)61)64(43-18-12-10-13-19-43)46-22-16-23-47(38-46)66-53-34-28-41(59(4,5)6)36-49(53)50-37-42(60(7,8)9)29-35-54(50)66;1-31(2,3)22-15-17-29-27(19-22)28-20-23(32(4,5)6)16-18-30(28)34(29)26-14-10-13-25(21-26)33-24-11-8-7-9-12-24;1-28(2,3)19-12-14-21(15-13-19)34-31-24-17-16-22(18-25(24)32-34)33(20-8-5-4-6-9-20)26-11-7-10-23(29)27(26)30/h10-39H,1-9H3;7-21,33H,1-6H3;4-18H,1-3H3. The van der Waals surface area contributed by atoms with Crippen LogP contribution in [-0.4, -0.2) is 39.1 Å². The SMILES string of the molecule is CC(C)(C)c1ccc(-n2nc3ccc(N(c4ccccc4)c4cccc(Cl)c4Cl)cc3n2)cc1.CC(C)(C)c1ccc(-n2nc3ccc(N(c4ccccc4)c4cccc(N(c5ccccc5)c5cccc(-n6c7ccc(C(C)(C)C)cc7c7cc(C(C)(C)C)ccc76)c5)c4Cl)cc3n2)cc1.CC(C)(C)c1ccc2c(c1)c1cc(C(C)(C)C)ccc1n2-c1cccc(Nc2ccccc2)c1. The van der Waals surface area contributed by atoms with E-state index in [9.17, 15) is 0 Å². The molecule has 20 rings (SSSR count). The third kappa shape index (κ3) is 19.1. The Morgan fingerprint density at radius 1 is 0.222 bits per heavy atom. The van der Waals surface area contributed by atoms with Crippen LogP contribution >= 0.6 is 34.8 Å². The lowest BCUT2D eigenvalue weighted by Crippen LogP contribution is -2.14. The molecule has 0 aliphatic carbocycles. The maximum absolute atomic E-state index is 7.82. The first-order chi connectivity index (χ1) is 64.4. The largest absolute Gasteiger partial charge is 0.355 e. The summed E-state index contributed by atoms with van der Waals surface area (Å²) in [5, 5.41) is 29.6. The molecule has 0 aliphatic heterocycles. The zero-order valence-corrected chi connectivity index (χ0v) is 82.5. The summed E-state index contributed by atoms with van der Waals surface area (Å²) in [7, 11) is 0. The second-order valence-corrected chi connectivity index (χ2v) is 42.4. The van der Waals surface area contributed by atoms with Crippen molar-refractivity contribution >= 4 is 163 Å². The summed E-state index contributed by atoms with van der Waals surface area (Å²) in [5.41, 5.74) is 30.7. The predicted molar refractivity (Wildman–Crippen MR) is 574 cm³/mol. The molecule has 0 fully saturated rings. The van der Waals surface area contributed by atoms with Gasteiger partial charge in [-0.1, -0.05) is 305 Å². The van der Waals surface area contributed by atoms with Gasteiger partial charge in [0.05, 0.1) is 65.6 Å². The predicted octanol–water partition coefficient (Wildman–Crippen LogP) is 34.6. The van der Waals surface area contributed by atoms with Crippen LogP contribution in [-0.2, 0) is 32.5 Å². The quantitative estimate of drug-likeness (QED) is 0.109. The molecule has 0 saturated heterocycles. The number of hydrogen-bond donors (Lipinski definition) is 1. The van der Waals surface area contributed by atoms with E-state index in [1.54, 1.807) is 15.7 Å². The molecule has 0 saturated carbocycles. The van der Waals surface area contributed by atoms with E-state index in [0.29, 0.717) is 15.1 Å². The molecular formula is C120H115Cl3N12. The number of aromatic nitrogens is 8. The molecule has 16 aromatic carbocycles. The van der Waals surface area contributed by atoms with Crippen molar-refractivity contribution in [2.45, 2.75) is 157 Å². The molecule has 676 valence electrons. The summed E-state index contributed by atoms with van der Waals surface area (Å²) in [6, 6.07) is 128. The van der Waals surface area contributed by atoms with Gasteiger partial charge in [-0.3, -0.25) is 0 Å². The van der Waals surface area contributed by atoms with Crippen molar-refractivity contribution in [2.24, 2.45) is 0 Å². The Morgan fingerprint density at radius 2 is 0.511 bits per heavy atom. The Morgan fingerprint density at radius 3 is 0.874 bits per heavy atom. The number of para-hydroxylation sites is 4. The molecular weight excluding hydrogens is 1720 g/mol. The van der Waals surface area contributed by atoms with Crippen LogP contribution in [0.5, 0.6) is 0 Å². The number of nitrogens with one attached hydrogen (secondary N) is 1. The molecule has 12 nitrogen and oxygen atoms in total. The van der Waals surface area contributed by atoms with Gasteiger partial charge >= 0.3 is 0 Å². The minimum Gasteiger partial charge on any atom is -0.355 e. The van der Waals surface area contributed by atoms with Crippen LogP contribution < -0.4 is 20.0 Å². The van der Waals surface area contributed by atoms with Gasteiger partial charge in [0, 0.05) is 78.4 Å². The van der Waals surface area contributed by atoms with Gasteiger partial charge in [0.1, 0.15) is 22.1 Å². The highest BCUT2D eigenvalue weighted by Gasteiger charge is 2.29. The average molecular weight is 1830 g/mol. The van der Waals surface area contributed by atoms with Gasteiger partial charge in [-0.15, -0.1) is 20.4 Å². The highest BCUT2D eigenvalue weighted by molar-refractivity contribution is 6.44. The molecule has 0 radical (unpaired) electrons. The molecule has 0 atom stereocenters. The Hall–Kier alpha value is -14.0. The number of rotatable bonds is 15. The average Bonchev–Trinajstić information content (AvgIpc) is 1.58. The van der Waals surface area contributed by atoms with Crippen LogP contribution in [0.3, 0.4) is 0 Å². The zero-order chi connectivity index (χ0) is 94.8. The molecule has 0 aliphatic rings. The minimum atomic E-state index is 0.0104. The van der Waals surface area contributed by atoms with Crippen molar-refractivity contribution in [1.82, 2.24) is 39.1 Å². The van der Waals surface area contributed by atoms with E-state index in [0.717, 1.165) is 107 Å². The molecule has 4 heterocycles. The zero-order valence-electron chi connectivity index (χ0n) is 80.2. The second-order valence-electron chi connectivity index (χ2n) is 41.3. The topological polar surface area (TPSA) is 93.0 Å². The molecule has 135 heavy (non-hydrogen) atoms. The first-order valence-corrected chi connectivity index (χ1v) is 47.5. The van der Waals surface area contributed by atoms with Gasteiger partial charge in [-0.25, -0.2) is 0 Å².